The van der Waals surface area contributed by atoms with E-state index in [1.165, 1.54) is 11.1 Å². The van der Waals surface area contributed by atoms with E-state index in [1.54, 1.807) is 7.11 Å². The second-order valence-electron chi connectivity index (χ2n) is 6.76. The van der Waals surface area contributed by atoms with Crippen LogP contribution in [0.3, 0.4) is 0 Å². The number of methoxy groups -OCH3 is 1. The number of benzene rings is 2. The molecule has 0 atom stereocenters. The second-order valence-corrected chi connectivity index (χ2v) is 6.76. The molecule has 0 saturated carbocycles. The summed E-state index contributed by atoms with van der Waals surface area (Å²) in [6, 6.07) is 17.7. The van der Waals surface area contributed by atoms with Crippen LogP contribution in [0.15, 0.2) is 54.6 Å². The molecule has 1 aromatic heterocycles. The van der Waals surface area contributed by atoms with Crippen LogP contribution in [0.1, 0.15) is 21.6 Å². The van der Waals surface area contributed by atoms with Crippen molar-refractivity contribution >= 4 is 5.91 Å². The first-order valence-electron chi connectivity index (χ1n) is 9.21. The molecule has 0 spiro atoms. The van der Waals surface area contributed by atoms with Gasteiger partial charge in [0.25, 0.3) is 5.91 Å². The molecule has 4 rings (SSSR count). The number of hydrogen-bond donors (Lipinski definition) is 0. The molecule has 0 bridgehead atoms. The van der Waals surface area contributed by atoms with Gasteiger partial charge in [0, 0.05) is 37.7 Å². The minimum absolute atomic E-state index is 0.0169. The fraction of sp³-hybridized carbons (Fsp3) is 0.273. The topological polar surface area (TPSA) is 47.4 Å². The van der Waals surface area contributed by atoms with E-state index in [0.717, 1.165) is 24.2 Å². The minimum atomic E-state index is 0.0169. The monoisotopic (exact) mass is 361 g/mol. The number of rotatable bonds is 3. The Morgan fingerprint density at radius 2 is 1.70 bits per heavy atom. The SMILES string of the molecule is COc1ccccc1C(=O)N1CCc2nn(C)c(-c3ccccc3)c2CC1. The number of carbonyl (C=O) groups is 1. The van der Waals surface area contributed by atoms with E-state index in [1.807, 2.05) is 59.1 Å². The molecule has 5 nitrogen and oxygen atoms in total. The molecule has 1 aliphatic heterocycles. The van der Waals surface area contributed by atoms with E-state index in [4.69, 9.17) is 9.84 Å². The number of hydrogen-bond acceptors (Lipinski definition) is 3. The highest BCUT2D eigenvalue weighted by Crippen LogP contribution is 2.29. The second kappa shape index (κ2) is 7.27. The summed E-state index contributed by atoms with van der Waals surface area (Å²) in [6.45, 7) is 1.34. The Morgan fingerprint density at radius 1 is 1.00 bits per heavy atom. The van der Waals surface area contributed by atoms with Crippen molar-refractivity contribution in [1.82, 2.24) is 14.7 Å². The van der Waals surface area contributed by atoms with Crippen LogP contribution >= 0.6 is 0 Å². The van der Waals surface area contributed by atoms with Gasteiger partial charge in [0.1, 0.15) is 5.75 Å². The van der Waals surface area contributed by atoms with Crippen molar-refractivity contribution in [2.45, 2.75) is 12.8 Å². The summed E-state index contributed by atoms with van der Waals surface area (Å²) in [7, 11) is 3.59. The first kappa shape index (κ1) is 17.3. The van der Waals surface area contributed by atoms with Crippen LogP contribution in [0, 0.1) is 0 Å². The maximum Gasteiger partial charge on any atom is 0.257 e. The molecule has 0 fully saturated rings. The summed E-state index contributed by atoms with van der Waals surface area (Å²) in [5, 5.41) is 4.74. The molecule has 27 heavy (non-hydrogen) atoms. The van der Waals surface area contributed by atoms with Gasteiger partial charge < -0.3 is 9.64 Å². The van der Waals surface area contributed by atoms with Crippen molar-refractivity contribution < 1.29 is 9.53 Å². The quantitative estimate of drug-likeness (QED) is 0.719. The van der Waals surface area contributed by atoms with E-state index in [9.17, 15) is 4.79 Å². The van der Waals surface area contributed by atoms with Crippen molar-refractivity contribution in [3.05, 3.63) is 71.4 Å². The molecule has 0 aliphatic carbocycles. The lowest BCUT2D eigenvalue weighted by atomic mass is 10.0. The van der Waals surface area contributed by atoms with Crippen molar-refractivity contribution in [2.24, 2.45) is 7.05 Å². The summed E-state index contributed by atoms with van der Waals surface area (Å²) in [5.41, 5.74) is 5.27. The van der Waals surface area contributed by atoms with Gasteiger partial charge >= 0.3 is 0 Å². The van der Waals surface area contributed by atoms with Gasteiger partial charge in [0.2, 0.25) is 0 Å². The molecule has 0 unspecified atom stereocenters. The summed E-state index contributed by atoms with van der Waals surface area (Å²) < 4.78 is 7.33. The van der Waals surface area contributed by atoms with Gasteiger partial charge in [-0.2, -0.15) is 5.10 Å². The van der Waals surface area contributed by atoms with Gasteiger partial charge in [0.05, 0.1) is 24.1 Å². The zero-order chi connectivity index (χ0) is 18.8. The third-order valence-electron chi connectivity index (χ3n) is 5.15. The smallest absolute Gasteiger partial charge is 0.257 e. The first-order chi connectivity index (χ1) is 13.2. The van der Waals surface area contributed by atoms with Gasteiger partial charge in [-0.15, -0.1) is 0 Å². The molecule has 2 aromatic carbocycles. The lowest BCUT2D eigenvalue weighted by molar-refractivity contribution is 0.0759. The molecule has 3 aromatic rings. The minimum Gasteiger partial charge on any atom is -0.496 e. The van der Waals surface area contributed by atoms with Crippen LogP contribution in [-0.4, -0.2) is 40.8 Å². The van der Waals surface area contributed by atoms with Crippen molar-refractivity contribution in [2.75, 3.05) is 20.2 Å². The first-order valence-corrected chi connectivity index (χ1v) is 9.21. The fourth-order valence-corrected chi connectivity index (χ4v) is 3.84. The largest absolute Gasteiger partial charge is 0.496 e. The summed E-state index contributed by atoms with van der Waals surface area (Å²) in [6.07, 6.45) is 1.56. The predicted molar refractivity (Wildman–Crippen MR) is 105 cm³/mol. The zero-order valence-electron chi connectivity index (χ0n) is 15.7. The Morgan fingerprint density at radius 3 is 2.48 bits per heavy atom. The van der Waals surface area contributed by atoms with E-state index in [0.29, 0.717) is 24.4 Å². The van der Waals surface area contributed by atoms with Crippen LogP contribution in [0.5, 0.6) is 5.75 Å². The van der Waals surface area contributed by atoms with Gasteiger partial charge in [-0.25, -0.2) is 0 Å². The highest BCUT2D eigenvalue weighted by Gasteiger charge is 2.26. The zero-order valence-corrected chi connectivity index (χ0v) is 15.7. The molecule has 0 N–H and O–H groups in total. The van der Waals surface area contributed by atoms with Gasteiger partial charge in [-0.3, -0.25) is 9.48 Å². The van der Waals surface area contributed by atoms with Crippen LogP contribution in [0.25, 0.3) is 11.3 Å². The van der Waals surface area contributed by atoms with E-state index in [2.05, 4.69) is 12.1 Å². The molecule has 138 valence electrons. The number of para-hydroxylation sites is 1. The number of ether oxygens (including phenoxy) is 1. The van der Waals surface area contributed by atoms with Gasteiger partial charge in [-0.1, -0.05) is 42.5 Å². The fourth-order valence-electron chi connectivity index (χ4n) is 3.84. The van der Waals surface area contributed by atoms with Crippen LogP contribution in [-0.2, 0) is 19.9 Å². The molecule has 1 aliphatic rings. The van der Waals surface area contributed by atoms with Crippen LogP contribution < -0.4 is 4.74 Å². The Hall–Kier alpha value is -3.08. The number of carbonyl (C=O) groups excluding carboxylic acids is 1. The third kappa shape index (κ3) is 3.21. The van der Waals surface area contributed by atoms with Gasteiger partial charge in [-0.05, 0) is 18.6 Å². The Balaban J connectivity index is 1.61. The van der Waals surface area contributed by atoms with Crippen molar-refractivity contribution in [1.29, 1.82) is 0 Å². The number of fused-ring (bicyclic) bond motifs is 1. The number of aromatic nitrogens is 2. The Labute approximate surface area is 159 Å². The summed E-state index contributed by atoms with van der Waals surface area (Å²) >= 11 is 0. The van der Waals surface area contributed by atoms with E-state index < -0.39 is 0 Å². The maximum absolute atomic E-state index is 13.0. The molecule has 0 saturated heterocycles. The third-order valence-corrected chi connectivity index (χ3v) is 5.15. The van der Waals surface area contributed by atoms with E-state index >= 15 is 0 Å². The Bertz CT molecular complexity index is 963. The van der Waals surface area contributed by atoms with Crippen LogP contribution in [0.2, 0.25) is 0 Å². The summed E-state index contributed by atoms with van der Waals surface area (Å²) in [5.74, 6) is 0.636. The number of amides is 1. The predicted octanol–water partition coefficient (Wildman–Crippen LogP) is 3.34. The molecule has 5 heteroatoms. The standard InChI is InChI=1S/C22H23N3O2/c1-24-21(16-8-4-3-5-9-16)17-12-14-25(15-13-19(17)23-24)22(26)18-10-6-7-11-20(18)27-2/h3-11H,12-15H2,1-2H3. The highest BCUT2D eigenvalue weighted by atomic mass is 16.5. The average Bonchev–Trinajstić information content (AvgIpc) is 2.89. The van der Waals surface area contributed by atoms with Crippen molar-refractivity contribution in [3.8, 4) is 17.0 Å². The van der Waals surface area contributed by atoms with Crippen LogP contribution in [0.4, 0.5) is 0 Å². The summed E-state index contributed by atoms with van der Waals surface area (Å²) in [4.78, 5) is 15.0. The number of nitrogens with zero attached hydrogens (tertiary/aromatic N) is 3. The van der Waals surface area contributed by atoms with E-state index in [-0.39, 0.29) is 5.91 Å². The van der Waals surface area contributed by atoms with Crippen molar-refractivity contribution in [3.63, 3.8) is 0 Å². The molecule has 2 heterocycles. The highest BCUT2D eigenvalue weighted by molar-refractivity contribution is 5.97. The van der Waals surface area contributed by atoms with Gasteiger partial charge in [0.15, 0.2) is 0 Å². The molecular weight excluding hydrogens is 338 g/mol. The molecule has 1 amide bonds. The number of aryl methyl sites for hydroxylation is 1. The normalized spacial score (nSPS) is 13.8. The average molecular weight is 361 g/mol. The molecule has 0 radical (unpaired) electrons. The maximum atomic E-state index is 13.0. The molecular formula is C22H23N3O2. The lowest BCUT2D eigenvalue weighted by Crippen LogP contribution is -2.33. The Kier molecular flexibility index (Phi) is 4.67. The lowest BCUT2D eigenvalue weighted by Gasteiger charge is -2.21.